The van der Waals surface area contributed by atoms with Gasteiger partial charge in [0.15, 0.2) is 0 Å². The van der Waals surface area contributed by atoms with Crippen molar-refractivity contribution in [3.63, 3.8) is 0 Å². The van der Waals surface area contributed by atoms with Crippen molar-refractivity contribution in [2.75, 3.05) is 72.3 Å². The molecule has 0 atom stereocenters. The molecule has 10 heteroatoms. The Bertz CT molecular complexity index is 533. The van der Waals surface area contributed by atoms with Crippen molar-refractivity contribution in [3.05, 3.63) is 0 Å². The summed E-state index contributed by atoms with van der Waals surface area (Å²) in [5.74, 6) is -0.144. The fraction of sp³-hybridized carbons (Fsp3) is 0.944. The molecule has 1 N–H and O–H groups in total. The molecule has 1 rings (SSSR count). The fourth-order valence-corrected chi connectivity index (χ4v) is 3.85. The maximum atomic E-state index is 12.1. The molecular weight excluding hydrogens is 386 g/mol. The van der Waals surface area contributed by atoms with E-state index < -0.39 is 10.0 Å². The number of nitrogens with one attached hydrogen (secondary N) is 1. The van der Waals surface area contributed by atoms with Crippen LogP contribution in [0.2, 0.25) is 0 Å². The van der Waals surface area contributed by atoms with Gasteiger partial charge in [-0.15, -0.1) is 0 Å². The van der Waals surface area contributed by atoms with Gasteiger partial charge in [0.25, 0.3) is 0 Å². The molecule has 0 saturated carbocycles. The first-order chi connectivity index (χ1) is 13.2. The predicted molar refractivity (Wildman–Crippen MR) is 108 cm³/mol. The lowest BCUT2D eigenvalue weighted by Gasteiger charge is -2.34. The molecule has 0 unspecified atom stereocenters. The first-order valence-corrected chi connectivity index (χ1v) is 11.5. The molecule has 28 heavy (non-hydrogen) atoms. The Labute approximate surface area is 169 Å². The van der Waals surface area contributed by atoms with E-state index >= 15 is 0 Å². The minimum Gasteiger partial charge on any atom is -0.378 e. The van der Waals surface area contributed by atoms with E-state index in [1.54, 1.807) is 18.2 Å². The maximum Gasteiger partial charge on any atom is 0.246 e. The van der Waals surface area contributed by atoms with Crippen molar-refractivity contribution in [1.82, 2.24) is 14.5 Å². The fourth-order valence-electron chi connectivity index (χ4n) is 2.58. The summed E-state index contributed by atoms with van der Waals surface area (Å²) in [7, 11) is -3.15. The second-order valence-electron chi connectivity index (χ2n) is 7.27. The third-order valence-electron chi connectivity index (χ3n) is 4.33. The van der Waals surface area contributed by atoms with E-state index in [4.69, 9.17) is 14.2 Å². The summed E-state index contributed by atoms with van der Waals surface area (Å²) in [4.78, 5) is 13.6. The Kier molecular flexibility index (Phi) is 12.1. The summed E-state index contributed by atoms with van der Waals surface area (Å²) in [5, 5.41) is 2.35. The lowest BCUT2D eigenvalue weighted by atomic mass is 10.3. The van der Waals surface area contributed by atoms with Gasteiger partial charge in [-0.2, -0.15) is 4.31 Å². The zero-order chi connectivity index (χ0) is 21.0. The Morgan fingerprint density at radius 3 is 2.14 bits per heavy atom. The lowest BCUT2D eigenvalue weighted by molar-refractivity contribution is -0.127. The smallest absolute Gasteiger partial charge is 0.246 e. The summed E-state index contributed by atoms with van der Waals surface area (Å²) in [6.07, 6.45) is 0.0381. The molecule has 0 radical (unpaired) electrons. The van der Waals surface area contributed by atoms with Crippen LogP contribution in [-0.2, 0) is 29.0 Å². The van der Waals surface area contributed by atoms with Crippen molar-refractivity contribution in [3.8, 4) is 0 Å². The molecule has 0 aromatic rings. The molecule has 1 aliphatic heterocycles. The molecule has 1 saturated heterocycles. The van der Waals surface area contributed by atoms with E-state index in [0.29, 0.717) is 46.1 Å². The van der Waals surface area contributed by atoms with Crippen LogP contribution in [0.25, 0.3) is 0 Å². The van der Waals surface area contributed by atoms with E-state index in [9.17, 15) is 13.2 Å². The molecule has 0 bridgehead atoms. The molecular formula is C18H37N3O6S. The SMILES string of the molecule is CC(C)OCC(=O)NCCOCCOCCN1CCN(S(=O)(=O)C(C)C)CC1. The summed E-state index contributed by atoms with van der Waals surface area (Å²) in [6, 6.07) is 0. The number of carbonyl (C=O) groups is 1. The molecule has 1 amide bonds. The minimum absolute atomic E-state index is 0.0381. The maximum absolute atomic E-state index is 12.1. The number of piperazine rings is 1. The van der Waals surface area contributed by atoms with Crippen molar-refractivity contribution < 1.29 is 27.4 Å². The second kappa shape index (κ2) is 13.4. The highest BCUT2D eigenvalue weighted by Gasteiger charge is 2.28. The average molecular weight is 424 g/mol. The Morgan fingerprint density at radius 1 is 0.964 bits per heavy atom. The summed E-state index contributed by atoms with van der Waals surface area (Å²) in [6.45, 7) is 13.0. The van der Waals surface area contributed by atoms with Crippen LogP contribution in [0, 0.1) is 0 Å². The van der Waals surface area contributed by atoms with Gasteiger partial charge in [0.05, 0.1) is 37.8 Å². The largest absolute Gasteiger partial charge is 0.378 e. The van der Waals surface area contributed by atoms with Gasteiger partial charge in [-0.05, 0) is 27.7 Å². The van der Waals surface area contributed by atoms with Crippen LogP contribution in [0.3, 0.4) is 0 Å². The van der Waals surface area contributed by atoms with Crippen LogP contribution in [0.5, 0.6) is 0 Å². The van der Waals surface area contributed by atoms with Crippen LogP contribution in [-0.4, -0.2) is 107 Å². The Hall–Kier alpha value is -0.780. The number of hydrogen-bond donors (Lipinski definition) is 1. The van der Waals surface area contributed by atoms with Gasteiger partial charge in [-0.1, -0.05) is 0 Å². The van der Waals surface area contributed by atoms with Crippen molar-refractivity contribution >= 4 is 15.9 Å². The number of carbonyl (C=O) groups excluding carboxylic acids is 1. The van der Waals surface area contributed by atoms with Crippen molar-refractivity contribution in [2.45, 2.75) is 39.0 Å². The lowest BCUT2D eigenvalue weighted by Crippen LogP contribution is -2.50. The number of sulfonamides is 1. The Balaban J connectivity index is 1.95. The molecule has 1 fully saturated rings. The van der Waals surface area contributed by atoms with Crippen LogP contribution >= 0.6 is 0 Å². The van der Waals surface area contributed by atoms with Gasteiger partial charge in [0.2, 0.25) is 15.9 Å². The number of amides is 1. The quantitative estimate of drug-likeness (QED) is 0.390. The van der Waals surface area contributed by atoms with Gasteiger partial charge in [0, 0.05) is 39.3 Å². The first kappa shape index (κ1) is 25.3. The van der Waals surface area contributed by atoms with E-state index in [1.165, 1.54) is 0 Å². The van der Waals surface area contributed by atoms with Gasteiger partial charge in [-0.3, -0.25) is 9.69 Å². The standard InChI is InChI=1S/C18H37N3O6S/c1-16(2)27-15-18(22)19-5-11-25-13-14-26-12-10-20-6-8-21(9-7-20)28(23,24)17(3)4/h16-17H,5-15H2,1-4H3,(H,19,22). The van der Waals surface area contributed by atoms with E-state index in [1.807, 2.05) is 13.8 Å². The molecule has 0 aliphatic carbocycles. The number of hydrogen-bond acceptors (Lipinski definition) is 7. The van der Waals surface area contributed by atoms with Crippen LogP contribution in [0.15, 0.2) is 0 Å². The molecule has 0 aromatic carbocycles. The molecule has 1 aliphatic rings. The number of rotatable bonds is 14. The Morgan fingerprint density at radius 2 is 1.57 bits per heavy atom. The van der Waals surface area contributed by atoms with Crippen molar-refractivity contribution in [2.24, 2.45) is 0 Å². The predicted octanol–water partition coefficient (Wildman–Crippen LogP) is -0.0834. The van der Waals surface area contributed by atoms with Crippen LogP contribution < -0.4 is 5.32 Å². The zero-order valence-electron chi connectivity index (χ0n) is 17.7. The average Bonchev–Trinajstić information content (AvgIpc) is 2.65. The van der Waals surface area contributed by atoms with Crippen LogP contribution in [0.1, 0.15) is 27.7 Å². The summed E-state index contributed by atoms with van der Waals surface area (Å²) >= 11 is 0. The number of ether oxygens (including phenoxy) is 3. The third kappa shape index (κ3) is 10.1. The summed E-state index contributed by atoms with van der Waals surface area (Å²) in [5.41, 5.74) is 0. The van der Waals surface area contributed by atoms with Gasteiger partial charge in [0.1, 0.15) is 6.61 Å². The van der Waals surface area contributed by atoms with Crippen molar-refractivity contribution in [1.29, 1.82) is 0 Å². The summed E-state index contributed by atoms with van der Waals surface area (Å²) < 4.78 is 42.0. The highest BCUT2D eigenvalue weighted by atomic mass is 32.2. The van der Waals surface area contributed by atoms with Gasteiger partial charge >= 0.3 is 0 Å². The highest BCUT2D eigenvalue weighted by molar-refractivity contribution is 7.89. The minimum atomic E-state index is -3.15. The molecule has 0 aromatic heterocycles. The van der Waals surface area contributed by atoms with E-state index in [0.717, 1.165) is 19.6 Å². The molecule has 1 heterocycles. The molecule has 9 nitrogen and oxygen atoms in total. The van der Waals surface area contributed by atoms with Gasteiger partial charge in [-0.25, -0.2) is 8.42 Å². The number of nitrogens with zero attached hydrogens (tertiary/aromatic N) is 2. The van der Waals surface area contributed by atoms with Crippen LogP contribution in [0.4, 0.5) is 0 Å². The molecule has 0 spiro atoms. The third-order valence-corrected chi connectivity index (χ3v) is 6.60. The second-order valence-corrected chi connectivity index (χ2v) is 9.76. The van der Waals surface area contributed by atoms with Gasteiger partial charge < -0.3 is 19.5 Å². The van der Waals surface area contributed by atoms with E-state index in [-0.39, 0.29) is 23.9 Å². The topological polar surface area (TPSA) is 97.4 Å². The first-order valence-electron chi connectivity index (χ1n) is 9.98. The zero-order valence-corrected chi connectivity index (χ0v) is 18.5. The molecule has 166 valence electrons. The normalized spacial score (nSPS) is 16.8. The highest BCUT2D eigenvalue weighted by Crippen LogP contribution is 2.12. The van der Waals surface area contributed by atoms with E-state index in [2.05, 4.69) is 10.2 Å². The monoisotopic (exact) mass is 423 g/mol.